The molecule has 1 aromatic heterocycles. The van der Waals surface area contributed by atoms with Gasteiger partial charge in [0.15, 0.2) is 5.78 Å². The minimum atomic E-state index is -0.394. The third-order valence-corrected chi connectivity index (χ3v) is 8.20. The van der Waals surface area contributed by atoms with Gasteiger partial charge in [-0.2, -0.15) is 0 Å². The largest absolute Gasteiger partial charge is 0.457 e. The predicted octanol–water partition coefficient (Wildman–Crippen LogP) is 4.13. The van der Waals surface area contributed by atoms with Crippen molar-refractivity contribution in [3.05, 3.63) is 82.2 Å². The molecule has 1 saturated heterocycles. The summed E-state index contributed by atoms with van der Waals surface area (Å²) in [6.07, 6.45) is 1.76. The number of fused-ring (bicyclic) bond motifs is 5. The van der Waals surface area contributed by atoms with E-state index in [0.717, 1.165) is 35.5 Å². The number of hydrogen-bond acceptors (Lipinski definition) is 6. The van der Waals surface area contributed by atoms with E-state index in [0.29, 0.717) is 54.8 Å². The fourth-order valence-corrected chi connectivity index (χ4v) is 6.00. The van der Waals surface area contributed by atoms with Crippen LogP contribution in [0.25, 0.3) is 0 Å². The van der Waals surface area contributed by atoms with E-state index in [-0.39, 0.29) is 30.2 Å². The molecule has 2 N–H and O–H groups in total. The Balaban J connectivity index is 1.27. The molecule has 3 aliphatic rings. The van der Waals surface area contributed by atoms with Gasteiger partial charge in [-0.25, -0.2) is 0 Å². The molecule has 6 rings (SSSR count). The Morgan fingerprint density at radius 2 is 1.66 bits per heavy atom. The summed E-state index contributed by atoms with van der Waals surface area (Å²) in [7, 11) is 0. The fraction of sp³-hybridized carbons (Fsp3) is 0.406. The van der Waals surface area contributed by atoms with E-state index < -0.39 is 6.10 Å². The minimum absolute atomic E-state index is 0.0841. The smallest absolute Gasteiger partial charge is 0.256 e. The summed E-state index contributed by atoms with van der Waals surface area (Å²) in [6.45, 7) is 6.96. The van der Waals surface area contributed by atoms with Crippen LogP contribution in [-0.4, -0.2) is 70.2 Å². The van der Waals surface area contributed by atoms with E-state index in [9.17, 15) is 14.4 Å². The van der Waals surface area contributed by atoms with Crippen molar-refractivity contribution in [3.63, 3.8) is 0 Å². The molecule has 41 heavy (non-hydrogen) atoms. The molecule has 1 aliphatic carbocycles. The van der Waals surface area contributed by atoms with E-state index in [1.54, 1.807) is 18.7 Å². The molecule has 2 amide bonds. The molecular weight excluding hydrogens is 520 g/mol. The molecule has 0 radical (unpaired) electrons. The third-order valence-electron chi connectivity index (χ3n) is 8.20. The maximum atomic E-state index is 13.7. The van der Waals surface area contributed by atoms with Gasteiger partial charge in [-0.15, -0.1) is 0 Å². The highest BCUT2D eigenvalue weighted by atomic mass is 16.5. The van der Waals surface area contributed by atoms with Gasteiger partial charge in [0.25, 0.3) is 5.91 Å². The van der Waals surface area contributed by atoms with Crippen molar-refractivity contribution in [2.75, 3.05) is 19.6 Å². The van der Waals surface area contributed by atoms with E-state index in [1.165, 1.54) is 6.92 Å². The monoisotopic (exact) mass is 556 g/mol. The number of ether oxygens (including phenoxy) is 2. The second-order valence-electron chi connectivity index (χ2n) is 11.4. The first-order valence-electron chi connectivity index (χ1n) is 14.3. The van der Waals surface area contributed by atoms with Crippen molar-refractivity contribution in [2.24, 2.45) is 0 Å². The standard InChI is InChI=1S/C32H36N4O5/c1-19-30(20(2)33-31(19)21(3)37)32(39)36-15-27-28(16-36)40-18-23-7-5-9-26(13-23)41-25-8-4-6-22(12-25)14-35(24-10-11-24)17-29(38)34-27/h4-9,12-13,24,27-28,33H,10-11,14-18H2,1-3H3,(H,34,38)/t27-,28-/m0/s1. The van der Waals surface area contributed by atoms with Gasteiger partial charge in [0.1, 0.15) is 11.5 Å². The van der Waals surface area contributed by atoms with Crippen molar-refractivity contribution in [1.82, 2.24) is 20.1 Å². The molecule has 2 aliphatic heterocycles. The van der Waals surface area contributed by atoms with Gasteiger partial charge >= 0.3 is 0 Å². The van der Waals surface area contributed by atoms with E-state index in [2.05, 4.69) is 21.3 Å². The Morgan fingerprint density at radius 1 is 0.951 bits per heavy atom. The number of H-pyrrole nitrogens is 1. The van der Waals surface area contributed by atoms with Crippen LogP contribution < -0.4 is 10.1 Å². The van der Waals surface area contributed by atoms with Crippen molar-refractivity contribution >= 4 is 17.6 Å². The zero-order valence-electron chi connectivity index (χ0n) is 23.7. The molecule has 2 atom stereocenters. The number of ketones is 1. The van der Waals surface area contributed by atoms with E-state index in [4.69, 9.17) is 9.47 Å². The number of aromatic amines is 1. The minimum Gasteiger partial charge on any atom is -0.457 e. The van der Waals surface area contributed by atoms with Gasteiger partial charge in [-0.1, -0.05) is 24.3 Å². The van der Waals surface area contributed by atoms with Gasteiger partial charge in [-0.3, -0.25) is 19.3 Å². The molecule has 0 spiro atoms. The first-order chi connectivity index (χ1) is 19.7. The number of nitrogens with one attached hydrogen (secondary N) is 2. The van der Waals surface area contributed by atoms with E-state index >= 15 is 0 Å². The molecule has 1 saturated carbocycles. The highest BCUT2D eigenvalue weighted by Gasteiger charge is 2.39. The summed E-state index contributed by atoms with van der Waals surface area (Å²) in [4.78, 5) is 46.2. The van der Waals surface area contributed by atoms with Gasteiger partial charge in [0.2, 0.25) is 5.91 Å². The van der Waals surface area contributed by atoms with Crippen LogP contribution in [0.15, 0.2) is 48.5 Å². The average molecular weight is 557 g/mol. The van der Waals surface area contributed by atoms with Gasteiger partial charge in [-0.05, 0) is 67.6 Å². The quantitative estimate of drug-likeness (QED) is 0.471. The van der Waals surface area contributed by atoms with Crippen molar-refractivity contribution in [3.8, 4) is 11.5 Å². The first-order valence-corrected chi connectivity index (χ1v) is 14.3. The van der Waals surface area contributed by atoms with Gasteiger partial charge < -0.3 is 24.7 Å². The van der Waals surface area contributed by atoms with Crippen LogP contribution in [0.5, 0.6) is 11.5 Å². The third kappa shape index (κ3) is 5.92. The van der Waals surface area contributed by atoms with Crippen molar-refractivity contribution in [2.45, 2.75) is 65.0 Å². The molecular formula is C32H36N4O5. The summed E-state index contributed by atoms with van der Waals surface area (Å²) < 4.78 is 12.5. The predicted molar refractivity (Wildman–Crippen MR) is 153 cm³/mol. The van der Waals surface area contributed by atoms with Crippen LogP contribution in [0.2, 0.25) is 0 Å². The molecule has 0 unspecified atom stereocenters. The average Bonchev–Trinajstić information content (AvgIpc) is 3.64. The molecule has 2 aromatic carbocycles. The summed E-state index contributed by atoms with van der Waals surface area (Å²) in [5, 5.41) is 3.19. The Bertz CT molecular complexity index is 1490. The van der Waals surface area contributed by atoms with Gasteiger partial charge in [0.05, 0.1) is 36.6 Å². The van der Waals surface area contributed by atoms with Crippen molar-refractivity contribution in [1.29, 1.82) is 0 Å². The lowest BCUT2D eigenvalue weighted by atomic mass is 10.1. The molecule has 9 heteroatoms. The highest BCUT2D eigenvalue weighted by Crippen LogP contribution is 2.30. The number of aromatic nitrogens is 1. The number of likely N-dealkylation sites (tertiary alicyclic amines) is 1. The maximum absolute atomic E-state index is 13.7. The molecule has 4 bridgehead atoms. The van der Waals surface area contributed by atoms with E-state index in [1.807, 2.05) is 42.5 Å². The Labute approximate surface area is 239 Å². The number of benzene rings is 2. The number of Topliss-reactive ketones (excluding diaryl/α,β-unsaturated/α-hetero) is 1. The van der Waals surface area contributed by atoms with Crippen molar-refractivity contribution < 1.29 is 23.9 Å². The van der Waals surface area contributed by atoms with Crippen LogP contribution in [0.3, 0.4) is 0 Å². The summed E-state index contributed by atoms with van der Waals surface area (Å²) in [6, 6.07) is 15.8. The lowest BCUT2D eigenvalue weighted by Gasteiger charge is -2.25. The fourth-order valence-electron chi connectivity index (χ4n) is 6.00. The zero-order valence-corrected chi connectivity index (χ0v) is 23.7. The highest BCUT2D eigenvalue weighted by molar-refractivity contribution is 6.02. The number of nitrogens with zero attached hydrogens (tertiary/aromatic N) is 2. The zero-order chi connectivity index (χ0) is 28.7. The van der Waals surface area contributed by atoms with Crippen LogP contribution in [0.4, 0.5) is 0 Å². The Hall–Kier alpha value is -3.95. The Kier molecular flexibility index (Phi) is 7.40. The first kappa shape index (κ1) is 27.2. The molecule has 214 valence electrons. The lowest BCUT2D eigenvalue weighted by Crippen LogP contribution is -2.48. The Morgan fingerprint density at radius 3 is 2.34 bits per heavy atom. The second kappa shape index (κ2) is 11.1. The molecule has 3 aromatic rings. The lowest BCUT2D eigenvalue weighted by molar-refractivity contribution is -0.124. The number of hydrogen-bond donors (Lipinski definition) is 2. The van der Waals surface area contributed by atoms with Crippen LogP contribution >= 0.6 is 0 Å². The molecule has 3 heterocycles. The molecule has 2 fully saturated rings. The number of amides is 2. The summed E-state index contributed by atoms with van der Waals surface area (Å²) in [5.41, 5.74) is 4.29. The normalized spacial score (nSPS) is 21.6. The van der Waals surface area contributed by atoms with Gasteiger partial charge in [0, 0.05) is 38.3 Å². The maximum Gasteiger partial charge on any atom is 0.256 e. The second-order valence-corrected chi connectivity index (χ2v) is 11.4. The van der Waals surface area contributed by atoms with Crippen LogP contribution in [-0.2, 0) is 22.7 Å². The van der Waals surface area contributed by atoms with Crippen LogP contribution in [0, 0.1) is 13.8 Å². The number of rotatable bonds is 3. The molecule has 9 nitrogen and oxygen atoms in total. The number of carbonyl (C=O) groups is 3. The SMILES string of the molecule is CC(=O)c1[nH]c(C)c(C(=O)N2C[C@@H]3NC(=O)CN(C4CC4)Cc4cccc(c4)Oc4cccc(c4)CO[C@H]3C2)c1C. The summed E-state index contributed by atoms with van der Waals surface area (Å²) in [5.74, 6) is 1.11. The van der Waals surface area contributed by atoms with Crippen LogP contribution in [0.1, 0.15) is 63.0 Å². The number of aryl methyl sites for hydroxylation is 1. The number of carbonyl (C=O) groups excluding carboxylic acids is 3. The topological polar surface area (TPSA) is 104 Å². The summed E-state index contributed by atoms with van der Waals surface area (Å²) >= 11 is 0.